The standard InChI is InChI=1S/C11H13F2N3O2.C6H2F3NO2.C5H12N2/c1-14-4-6-15(7-5-14)8-2-3-9(16(17)18)11(13)10(8)12;7-3-1-2-4(10(11)12)6(9)5(3)8;1-7-4-2-6-3-5-7/h2-3H,4-7H2,1H3;1-2H;6H,2-5H2,1H3. The van der Waals surface area contributed by atoms with Gasteiger partial charge in [-0.05, 0) is 26.2 Å². The summed E-state index contributed by atoms with van der Waals surface area (Å²) in [6.45, 7) is 7.39. The highest BCUT2D eigenvalue weighted by molar-refractivity contribution is 5.53. The van der Waals surface area contributed by atoms with E-state index in [-0.39, 0.29) is 5.69 Å². The quantitative estimate of drug-likeness (QED) is 0.277. The van der Waals surface area contributed by atoms with Gasteiger partial charge in [0.2, 0.25) is 17.5 Å². The summed E-state index contributed by atoms with van der Waals surface area (Å²) in [5.74, 6) is -7.59. The van der Waals surface area contributed by atoms with Crippen LogP contribution >= 0.6 is 0 Å². The van der Waals surface area contributed by atoms with Gasteiger partial charge >= 0.3 is 11.4 Å². The first-order valence-corrected chi connectivity index (χ1v) is 11.2. The molecule has 2 aromatic carbocycles. The van der Waals surface area contributed by atoms with Gasteiger partial charge in [0.25, 0.3) is 0 Å². The van der Waals surface area contributed by atoms with Crippen molar-refractivity contribution in [2.24, 2.45) is 0 Å². The Labute approximate surface area is 209 Å². The van der Waals surface area contributed by atoms with Crippen molar-refractivity contribution in [2.45, 2.75) is 0 Å². The predicted octanol–water partition coefficient (Wildman–Crippen LogP) is 3.16. The van der Waals surface area contributed by atoms with Crippen LogP contribution in [-0.2, 0) is 0 Å². The summed E-state index contributed by atoms with van der Waals surface area (Å²) in [5, 5.41) is 23.7. The second-order valence-electron chi connectivity index (χ2n) is 8.28. The minimum absolute atomic E-state index is 0.0891. The van der Waals surface area contributed by atoms with E-state index in [0.717, 1.165) is 32.2 Å². The first-order chi connectivity index (χ1) is 17.4. The fourth-order valence-corrected chi connectivity index (χ4v) is 3.40. The first kappa shape index (κ1) is 29.8. The summed E-state index contributed by atoms with van der Waals surface area (Å²) in [5.41, 5.74) is -1.81. The SMILES string of the molecule is CN1CCN(c2ccc([N+](=O)[O-])c(F)c2F)CC1.CN1CCNCC1.O=[N+]([O-])c1ccc(F)c(F)c1F. The van der Waals surface area contributed by atoms with E-state index in [4.69, 9.17) is 0 Å². The van der Waals surface area contributed by atoms with Crippen molar-refractivity contribution in [1.29, 1.82) is 0 Å². The van der Waals surface area contributed by atoms with Gasteiger partial charge in [0.1, 0.15) is 0 Å². The first-order valence-electron chi connectivity index (χ1n) is 11.2. The molecular formula is C22H27F5N6O4. The van der Waals surface area contributed by atoms with E-state index in [2.05, 4.69) is 22.2 Å². The fraction of sp³-hybridized carbons (Fsp3) is 0.455. The molecule has 2 heterocycles. The number of nitro benzene ring substituents is 2. The highest BCUT2D eigenvalue weighted by atomic mass is 19.2. The molecule has 0 spiro atoms. The summed E-state index contributed by atoms with van der Waals surface area (Å²) < 4.78 is 64.2. The molecule has 0 amide bonds. The van der Waals surface area contributed by atoms with E-state index < -0.39 is 50.3 Å². The van der Waals surface area contributed by atoms with Gasteiger partial charge in [-0.2, -0.15) is 8.78 Å². The van der Waals surface area contributed by atoms with Crippen LogP contribution < -0.4 is 10.2 Å². The minimum atomic E-state index is -1.83. The molecule has 4 rings (SSSR count). The van der Waals surface area contributed by atoms with Gasteiger partial charge in [0, 0.05) is 64.5 Å². The third-order valence-electron chi connectivity index (χ3n) is 5.63. The molecule has 2 saturated heterocycles. The second kappa shape index (κ2) is 13.8. The highest BCUT2D eigenvalue weighted by Crippen LogP contribution is 2.28. The maximum absolute atomic E-state index is 13.8. The lowest BCUT2D eigenvalue weighted by molar-refractivity contribution is -0.388. The molecule has 0 atom stereocenters. The van der Waals surface area contributed by atoms with Crippen LogP contribution in [0.15, 0.2) is 24.3 Å². The Bertz CT molecular complexity index is 1100. The Balaban J connectivity index is 0.000000217. The molecule has 0 saturated carbocycles. The maximum Gasteiger partial charge on any atom is 0.308 e. The van der Waals surface area contributed by atoms with Crippen molar-refractivity contribution in [1.82, 2.24) is 15.1 Å². The number of benzene rings is 2. The Morgan fingerprint density at radius 1 is 0.676 bits per heavy atom. The Morgan fingerprint density at radius 3 is 1.59 bits per heavy atom. The van der Waals surface area contributed by atoms with Gasteiger partial charge in [0.15, 0.2) is 11.6 Å². The zero-order valence-electron chi connectivity index (χ0n) is 20.2. The van der Waals surface area contributed by atoms with Gasteiger partial charge in [-0.1, -0.05) is 0 Å². The number of halogens is 5. The van der Waals surface area contributed by atoms with Gasteiger partial charge < -0.3 is 20.0 Å². The lowest BCUT2D eigenvalue weighted by Gasteiger charge is -2.34. The van der Waals surface area contributed by atoms with Crippen LogP contribution in [0.25, 0.3) is 0 Å². The predicted molar refractivity (Wildman–Crippen MR) is 126 cm³/mol. The van der Waals surface area contributed by atoms with E-state index in [1.807, 2.05) is 7.05 Å². The molecule has 204 valence electrons. The van der Waals surface area contributed by atoms with Crippen molar-refractivity contribution >= 4 is 17.1 Å². The Kier molecular flexibility index (Phi) is 11.1. The van der Waals surface area contributed by atoms with E-state index in [0.29, 0.717) is 25.2 Å². The highest BCUT2D eigenvalue weighted by Gasteiger charge is 2.25. The lowest BCUT2D eigenvalue weighted by Crippen LogP contribution is -2.44. The van der Waals surface area contributed by atoms with Crippen LogP contribution in [0.3, 0.4) is 0 Å². The normalized spacial score (nSPS) is 16.2. The minimum Gasteiger partial charge on any atom is -0.367 e. The number of nitrogens with zero attached hydrogens (tertiary/aromatic N) is 5. The van der Waals surface area contributed by atoms with Crippen LogP contribution in [0, 0.1) is 49.3 Å². The number of hydrogen-bond acceptors (Lipinski definition) is 8. The molecule has 0 radical (unpaired) electrons. The number of nitrogens with one attached hydrogen (secondary N) is 1. The lowest BCUT2D eigenvalue weighted by atomic mass is 10.2. The van der Waals surface area contributed by atoms with E-state index in [1.165, 1.54) is 19.2 Å². The van der Waals surface area contributed by atoms with Crippen molar-refractivity contribution < 1.29 is 31.8 Å². The molecule has 0 aromatic heterocycles. The van der Waals surface area contributed by atoms with E-state index in [9.17, 15) is 42.2 Å². The van der Waals surface area contributed by atoms with Crippen molar-refractivity contribution in [3.63, 3.8) is 0 Å². The van der Waals surface area contributed by atoms with Gasteiger partial charge in [-0.15, -0.1) is 0 Å². The number of hydrogen-bond donors (Lipinski definition) is 1. The third kappa shape index (κ3) is 8.30. The van der Waals surface area contributed by atoms with Crippen LogP contribution in [0.4, 0.5) is 39.0 Å². The Hall–Kier alpha value is -3.43. The topological polar surface area (TPSA) is 108 Å². The van der Waals surface area contributed by atoms with Gasteiger partial charge in [-0.3, -0.25) is 20.2 Å². The maximum atomic E-state index is 13.8. The summed E-state index contributed by atoms with van der Waals surface area (Å²) in [4.78, 5) is 24.5. The number of rotatable bonds is 3. The van der Waals surface area contributed by atoms with E-state index in [1.54, 1.807) is 4.90 Å². The van der Waals surface area contributed by atoms with Gasteiger partial charge in [-0.25, -0.2) is 13.2 Å². The summed E-state index contributed by atoms with van der Waals surface area (Å²) in [6, 6.07) is 3.33. The molecule has 2 aliphatic heterocycles. The summed E-state index contributed by atoms with van der Waals surface area (Å²) in [7, 11) is 4.10. The Morgan fingerprint density at radius 2 is 1.14 bits per heavy atom. The summed E-state index contributed by atoms with van der Waals surface area (Å²) in [6.07, 6.45) is 0. The van der Waals surface area contributed by atoms with Crippen LogP contribution in [0.1, 0.15) is 0 Å². The molecule has 0 bridgehead atoms. The molecule has 10 nitrogen and oxygen atoms in total. The average Bonchev–Trinajstić information content (AvgIpc) is 2.86. The molecule has 2 aliphatic rings. The molecule has 15 heteroatoms. The van der Waals surface area contributed by atoms with Crippen LogP contribution in [0.5, 0.6) is 0 Å². The number of nitro groups is 2. The molecule has 2 fully saturated rings. The molecule has 37 heavy (non-hydrogen) atoms. The average molecular weight is 534 g/mol. The van der Waals surface area contributed by atoms with Crippen molar-refractivity contribution in [3.05, 3.63) is 73.6 Å². The second-order valence-corrected chi connectivity index (χ2v) is 8.28. The van der Waals surface area contributed by atoms with Crippen molar-refractivity contribution in [2.75, 3.05) is 71.4 Å². The fourth-order valence-electron chi connectivity index (χ4n) is 3.40. The zero-order valence-corrected chi connectivity index (χ0v) is 20.2. The number of piperazine rings is 2. The molecule has 0 aliphatic carbocycles. The van der Waals surface area contributed by atoms with Crippen LogP contribution in [0.2, 0.25) is 0 Å². The van der Waals surface area contributed by atoms with Crippen molar-refractivity contribution in [3.8, 4) is 0 Å². The molecular weight excluding hydrogens is 507 g/mol. The zero-order chi connectivity index (χ0) is 27.7. The third-order valence-corrected chi connectivity index (χ3v) is 5.63. The molecule has 1 N–H and O–H groups in total. The summed E-state index contributed by atoms with van der Waals surface area (Å²) >= 11 is 0. The van der Waals surface area contributed by atoms with Gasteiger partial charge in [0.05, 0.1) is 15.5 Å². The molecule has 0 unspecified atom stereocenters. The van der Waals surface area contributed by atoms with E-state index >= 15 is 0 Å². The number of anilines is 1. The smallest absolute Gasteiger partial charge is 0.308 e. The number of likely N-dealkylation sites (N-methyl/N-ethyl adjacent to an activating group) is 2. The van der Waals surface area contributed by atoms with Crippen LogP contribution in [-0.4, -0.2) is 86.1 Å². The molecule has 2 aromatic rings. The monoisotopic (exact) mass is 534 g/mol. The largest absolute Gasteiger partial charge is 0.367 e.